The van der Waals surface area contributed by atoms with Crippen LogP contribution in [-0.2, 0) is 11.2 Å². The number of fused-ring (bicyclic) bond motifs is 1. The average molecular weight is 301 g/mol. The molecule has 0 saturated heterocycles. The summed E-state index contributed by atoms with van der Waals surface area (Å²) in [4.78, 5) is 16.3. The van der Waals surface area contributed by atoms with Crippen LogP contribution in [0.25, 0.3) is 10.2 Å². The topological polar surface area (TPSA) is 68.0 Å². The first-order valence-electron chi connectivity index (χ1n) is 6.30. The molecule has 6 heteroatoms. The second kappa shape index (κ2) is 5.49. The van der Waals surface area contributed by atoms with Crippen LogP contribution in [-0.4, -0.2) is 10.9 Å². The highest BCUT2D eigenvalue weighted by Crippen LogP contribution is 2.27. The fraction of sp³-hybridized carbons (Fsp3) is 0.0667. The number of nitrogens with zero attached hydrogens (tertiary/aromatic N) is 1. The lowest BCUT2D eigenvalue weighted by Crippen LogP contribution is -2.14. The number of rotatable bonds is 3. The minimum Gasteiger partial charge on any atom is -0.399 e. The summed E-state index contributed by atoms with van der Waals surface area (Å²) in [5.74, 6) is -0.580. The molecule has 1 amide bonds. The number of nitrogen functional groups attached to an aromatic ring is 1. The Morgan fingerprint density at radius 3 is 2.95 bits per heavy atom. The van der Waals surface area contributed by atoms with Gasteiger partial charge in [-0.25, -0.2) is 9.37 Å². The molecule has 0 aliphatic rings. The average Bonchev–Trinajstić information content (AvgIpc) is 2.79. The lowest BCUT2D eigenvalue weighted by atomic mass is 10.1. The van der Waals surface area contributed by atoms with Crippen LogP contribution in [0.15, 0.2) is 42.5 Å². The van der Waals surface area contributed by atoms with E-state index in [0.717, 1.165) is 10.2 Å². The summed E-state index contributed by atoms with van der Waals surface area (Å²) in [6.45, 7) is 0. The number of nitrogens with two attached hydrogens (primary N) is 1. The summed E-state index contributed by atoms with van der Waals surface area (Å²) in [7, 11) is 0. The Bertz CT molecular complexity index is 816. The predicted octanol–water partition coefficient (Wildman–Crippen LogP) is 3.20. The van der Waals surface area contributed by atoms with E-state index in [4.69, 9.17) is 5.73 Å². The molecule has 21 heavy (non-hydrogen) atoms. The van der Waals surface area contributed by atoms with Crippen LogP contribution in [0, 0.1) is 5.82 Å². The Kier molecular flexibility index (Phi) is 3.53. The second-order valence-corrected chi connectivity index (χ2v) is 5.63. The summed E-state index contributed by atoms with van der Waals surface area (Å²) in [6.07, 6.45) is 0.107. The van der Waals surface area contributed by atoms with Crippen LogP contribution in [0.5, 0.6) is 0 Å². The number of benzene rings is 2. The third kappa shape index (κ3) is 3.17. The molecule has 0 fully saturated rings. The zero-order valence-electron chi connectivity index (χ0n) is 11.0. The van der Waals surface area contributed by atoms with Gasteiger partial charge in [0.2, 0.25) is 5.91 Å². The van der Waals surface area contributed by atoms with Gasteiger partial charge in [0.15, 0.2) is 5.13 Å². The fourth-order valence-corrected chi connectivity index (χ4v) is 2.92. The van der Waals surface area contributed by atoms with Crippen molar-refractivity contribution in [3.63, 3.8) is 0 Å². The Morgan fingerprint density at radius 1 is 1.29 bits per heavy atom. The van der Waals surface area contributed by atoms with Crippen LogP contribution in [0.3, 0.4) is 0 Å². The van der Waals surface area contributed by atoms with Gasteiger partial charge in [0.25, 0.3) is 0 Å². The molecule has 1 heterocycles. The number of hydrogen-bond acceptors (Lipinski definition) is 4. The van der Waals surface area contributed by atoms with Crippen LogP contribution in [0.4, 0.5) is 15.2 Å². The van der Waals surface area contributed by atoms with Gasteiger partial charge < -0.3 is 11.1 Å². The van der Waals surface area contributed by atoms with E-state index >= 15 is 0 Å². The molecule has 3 N–H and O–H groups in total. The zero-order valence-corrected chi connectivity index (χ0v) is 11.8. The first kappa shape index (κ1) is 13.5. The lowest BCUT2D eigenvalue weighted by molar-refractivity contribution is -0.115. The maximum Gasteiger partial charge on any atom is 0.230 e. The highest BCUT2D eigenvalue weighted by atomic mass is 32.1. The molecule has 0 atom stereocenters. The van der Waals surface area contributed by atoms with E-state index < -0.39 is 0 Å². The van der Waals surface area contributed by atoms with E-state index in [9.17, 15) is 9.18 Å². The molecule has 106 valence electrons. The molecular weight excluding hydrogens is 289 g/mol. The molecule has 0 saturated carbocycles. The van der Waals surface area contributed by atoms with E-state index in [-0.39, 0.29) is 18.1 Å². The molecule has 0 bridgehead atoms. The highest BCUT2D eigenvalue weighted by molar-refractivity contribution is 7.22. The van der Waals surface area contributed by atoms with Gasteiger partial charge in [-0.3, -0.25) is 4.79 Å². The minimum absolute atomic E-state index is 0.107. The Balaban J connectivity index is 1.74. The van der Waals surface area contributed by atoms with Crippen molar-refractivity contribution in [3.8, 4) is 0 Å². The number of amides is 1. The van der Waals surface area contributed by atoms with Crippen molar-refractivity contribution in [3.05, 3.63) is 53.8 Å². The Labute approximate surface area is 124 Å². The maximum absolute atomic E-state index is 13.1. The monoisotopic (exact) mass is 301 g/mol. The van der Waals surface area contributed by atoms with Gasteiger partial charge in [0.05, 0.1) is 16.6 Å². The predicted molar refractivity (Wildman–Crippen MR) is 82.8 cm³/mol. The number of hydrogen-bond donors (Lipinski definition) is 2. The van der Waals surface area contributed by atoms with Crippen molar-refractivity contribution < 1.29 is 9.18 Å². The van der Waals surface area contributed by atoms with Crippen molar-refractivity contribution in [2.75, 3.05) is 11.1 Å². The molecule has 4 nitrogen and oxygen atoms in total. The molecule has 1 aromatic heterocycles. The summed E-state index contributed by atoms with van der Waals surface area (Å²) >= 11 is 1.36. The SMILES string of the molecule is Nc1ccc2nc(NC(=O)Cc3cccc(F)c3)sc2c1. The number of nitrogens with one attached hydrogen (secondary N) is 1. The summed E-state index contributed by atoms with van der Waals surface area (Å²) in [6, 6.07) is 11.4. The molecule has 2 aromatic carbocycles. The normalized spacial score (nSPS) is 10.7. The van der Waals surface area contributed by atoms with E-state index in [0.29, 0.717) is 16.4 Å². The van der Waals surface area contributed by atoms with Crippen LogP contribution in [0.2, 0.25) is 0 Å². The quantitative estimate of drug-likeness (QED) is 0.730. The third-order valence-electron chi connectivity index (χ3n) is 2.91. The minimum atomic E-state index is -0.351. The van der Waals surface area contributed by atoms with E-state index in [2.05, 4.69) is 10.3 Å². The fourth-order valence-electron chi connectivity index (χ4n) is 1.99. The Hall–Kier alpha value is -2.47. The first-order valence-corrected chi connectivity index (χ1v) is 7.12. The molecule has 0 radical (unpaired) electrons. The van der Waals surface area contributed by atoms with Crippen molar-refractivity contribution >= 4 is 38.3 Å². The molecule has 0 aliphatic heterocycles. The first-order chi connectivity index (χ1) is 10.1. The van der Waals surface area contributed by atoms with Crippen molar-refractivity contribution in [2.45, 2.75) is 6.42 Å². The number of thiazole rings is 1. The number of halogens is 1. The third-order valence-corrected chi connectivity index (χ3v) is 3.85. The van der Waals surface area contributed by atoms with Crippen molar-refractivity contribution in [1.82, 2.24) is 4.98 Å². The van der Waals surface area contributed by atoms with Gasteiger partial charge >= 0.3 is 0 Å². The van der Waals surface area contributed by atoms with Crippen LogP contribution >= 0.6 is 11.3 Å². The largest absolute Gasteiger partial charge is 0.399 e. The molecule has 3 aromatic rings. The summed E-state index contributed by atoms with van der Waals surface area (Å²) in [5.41, 5.74) is 7.77. The number of anilines is 2. The smallest absolute Gasteiger partial charge is 0.230 e. The molecule has 0 aliphatic carbocycles. The van der Waals surface area contributed by atoms with Crippen molar-refractivity contribution in [2.24, 2.45) is 0 Å². The van der Waals surface area contributed by atoms with Crippen LogP contribution in [0.1, 0.15) is 5.56 Å². The van der Waals surface area contributed by atoms with Gasteiger partial charge in [-0.1, -0.05) is 23.5 Å². The Morgan fingerprint density at radius 2 is 2.14 bits per heavy atom. The van der Waals surface area contributed by atoms with Gasteiger partial charge in [-0.2, -0.15) is 0 Å². The van der Waals surface area contributed by atoms with E-state index in [1.807, 2.05) is 12.1 Å². The number of aromatic nitrogens is 1. The van der Waals surface area contributed by atoms with Gasteiger partial charge in [0, 0.05) is 5.69 Å². The summed E-state index contributed by atoms with van der Waals surface area (Å²) < 4.78 is 14.0. The standard InChI is InChI=1S/C15H12FN3OS/c16-10-3-1-2-9(6-10)7-14(20)19-15-18-12-5-4-11(17)8-13(12)21-15/h1-6,8H,7,17H2,(H,18,19,20). The van der Waals surface area contributed by atoms with Gasteiger partial charge in [-0.05, 0) is 35.9 Å². The van der Waals surface area contributed by atoms with E-state index in [1.165, 1.54) is 23.5 Å². The van der Waals surface area contributed by atoms with Crippen LogP contribution < -0.4 is 11.1 Å². The van der Waals surface area contributed by atoms with Gasteiger partial charge in [-0.15, -0.1) is 0 Å². The van der Waals surface area contributed by atoms with Gasteiger partial charge in [0.1, 0.15) is 5.82 Å². The number of carbonyl (C=O) groups excluding carboxylic acids is 1. The highest BCUT2D eigenvalue weighted by Gasteiger charge is 2.09. The summed E-state index contributed by atoms with van der Waals surface area (Å²) in [5, 5.41) is 3.24. The lowest BCUT2D eigenvalue weighted by Gasteiger charge is -2.01. The molecular formula is C15H12FN3OS. The van der Waals surface area contributed by atoms with E-state index in [1.54, 1.807) is 18.2 Å². The second-order valence-electron chi connectivity index (χ2n) is 4.60. The molecule has 0 unspecified atom stereocenters. The zero-order chi connectivity index (χ0) is 14.8. The molecule has 3 rings (SSSR count). The van der Waals surface area contributed by atoms with Crippen molar-refractivity contribution in [1.29, 1.82) is 0 Å². The number of carbonyl (C=O) groups is 1. The maximum atomic E-state index is 13.1. The molecule has 0 spiro atoms.